The van der Waals surface area contributed by atoms with Crippen molar-refractivity contribution in [1.29, 1.82) is 0 Å². The summed E-state index contributed by atoms with van der Waals surface area (Å²) >= 11 is 0. The van der Waals surface area contributed by atoms with Crippen LogP contribution in [0.15, 0.2) is 23.3 Å². The molecule has 0 amide bonds. The molecule has 0 atom stereocenters. The highest BCUT2D eigenvalue weighted by Crippen LogP contribution is 2.08. The fourth-order valence-corrected chi connectivity index (χ4v) is 2.82. The Kier molecular flexibility index (Phi) is 22.0. The van der Waals surface area contributed by atoms with Crippen LogP contribution in [0, 0.1) is 0 Å². The van der Waals surface area contributed by atoms with Crippen LogP contribution in [0.1, 0.15) is 90.9 Å². The second kappa shape index (κ2) is 23.0. The summed E-state index contributed by atoms with van der Waals surface area (Å²) in [5, 5.41) is 0. The molecule has 0 fully saturated rings. The lowest BCUT2D eigenvalue weighted by molar-refractivity contribution is -0.126. The monoisotopic (exact) mass is 410 g/mol. The molecular formula is C24H42O5. The molecule has 168 valence electrons. The molecule has 0 aromatic heterocycles. The lowest BCUT2D eigenvalue weighted by Gasteiger charge is -2.07. The van der Waals surface area contributed by atoms with Gasteiger partial charge in [-0.15, -0.1) is 0 Å². The summed E-state index contributed by atoms with van der Waals surface area (Å²) in [5.74, 6) is 0. The third kappa shape index (κ3) is 19.8. The van der Waals surface area contributed by atoms with Crippen molar-refractivity contribution in [2.24, 2.45) is 0 Å². The van der Waals surface area contributed by atoms with Crippen LogP contribution in [-0.2, 0) is 23.8 Å². The van der Waals surface area contributed by atoms with Gasteiger partial charge in [0, 0.05) is 11.1 Å². The highest BCUT2D eigenvalue weighted by Gasteiger charge is 1.99. The molecule has 0 unspecified atom stereocenters. The van der Waals surface area contributed by atoms with Crippen molar-refractivity contribution in [2.75, 3.05) is 26.8 Å². The maximum Gasteiger partial charge on any atom is 0.150 e. The highest BCUT2D eigenvalue weighted by atomic mass is 16.7. The lowest BCUT2D eigenvalue weighted by Crippen LogP contribution is -2.09. The molecule has 0 aliphatic carbocycles. The van der Waals surface area contributed by atoms with Crippen LogP contribution in [0.25, 0.3) is 0 Å². The smallest absolute Gasteiger partial charge is 0.150 e. The Bertz CT molecular complexity index is 403. The number of allylic oxidation sites excluding steroid dienone is 2. The summed E-state index contributed by atoms with van der Waals surface area (Å²) in [5.41, 5.74) is 1.30. The van der Waals surface area contributed by atoms with Crippen LogP contribution in [-0.4, -0.2) is 39.4 Å². The molecule has 0 saturated carbocycles. The molecule has 0 rings (SSSR count). The van der Waals surface area contributed by atoms with E-state index < -0.39 is 0 Å². The van der Waals surface area contributed by atoms with Gasteiger partial charge in [-0.25, -0.2) is 0 Å². The number of ether oxygens (including phenoxy) is 3. The van der Waals surface area contributed by atoms with Gasteiger partial charge in [0.2, 0.25) is 0 Å². The maximum absolute atomic E-state index is 11.1. The van der Waals surface area contributed by atoms with Gasteiger partial charge in [-0.2, -0.15) is 0 Å². The molecule has 5 nitrogen and oxygen atoms in total. The normalized spacial score (nSPS) is 12.3. The van der Waals surface area contributed by atoms with Crippen molar-refractivity contribution in [3.8, 4) is 0 Å². The summed E-state index contributed by atoms with van der Waals surface area (Å²) in [6.07, 6.45) is 19.5. The van der Waals surface area contributed by atoms with E-state index in [1.54, 1.807) is 0 Å². The quantitative estimate of drug-likeness (QED) is 0.0959. The van der Waals surface area contributed by atoms with Crippen molar-refractivity contribution >= 4 is 12.6 Å². The predicted octanol–water partition coefficient (Wildman–Crippen LogP) is 5.92. The average Bonchev–Trinajstić information content (AvgIpc) is 2.74. The minimum Gasteiger partial charge on any atom is -0.351 e. The first-order valence-electron chi connectivity index (χ1n) is 11.3. The zero-order chi connectivity index (χ0) is 21.4. The van der Waals surface area contributed by atoms with E-state index in [9.17, 15) is 9.59 Å². The number of carbonyl (C=O) groups is 2. The van der Waals surface area contributed by atoms with Gasteiger partial charge in [-0.1, -0.05) is 77.4 Å². The molecular weight excluding hydrogens is 368 g/mol. The second-order valence-corrected chi connectivity index (χ2v) is 7.34. The second-order valence-electron chi connectivity index (χ2n) is 7.34. The molecule has 0 aromatic carbocycles. The van der Waals surface area contributed by atoms with Gasteiger partial charge in [0.1, 0.15) is 26.2 Å². The summed E-state index contributed by atoms with van der Waals surface area (Å²) < 4.78 is 15.9. The fraction of sp³-hybridized carbons (Fsp3) is 0.750. The Morgan fingerprint density at radius 2 is 1.00 bits per heavy atom. The van der Waals surface area contributed by atoms with Gasteiger partial charge in [0.25, 0.3) is 0 Å². The molecule has 0 aromatic rings. The molecule has 29 heavy (non-hydrogen) atoms. The maximum atomic E-state index is 11.1. The van der Waals surface area contributed by atoms with Crippen LogP contribution in [0.5, 0.6) is 0 Å². The zero-order valence-corrected chi connectivity index (χ0v) is 18.7. The van der Waals surface area contributed by atoms with Crippen molar-refractivity contribution < 1.29 is 23.8 Å². The van der Waals surface area contributed by atoms with E-state index in [0.29, 0.717) is 11.1 Å². The van der Waals surface area contributed by atoms with E-state index >= 15 is 0 Å². The molecule has 0 bridgehead atoms. The van der Waals surface area contributed by atoms with Gasteiger partial charge >= 0.3 is 0 Å². The van der Waals surface area contributed by atoms with Crippen molar-refractivity contribution in [3.63, 3.8) is 0 Å². The number of carbonyl (C=O) groups excluding carboxylic acids is 2. The fourth-order valence-electron chi connectivity index (χ4n) is 2.82. The van der Waals surface area contributed by atoms with Gasteiger partial charge in [-0.05, 0) is 25.7 Å². The predicted molar refractivity (Wildman–Crippen MR) is 118 cm³/mol. The Morgan fingerprint density at radius 3 is 1.38 bits per heavy atom. The highest BCUT2D eigenvalue weighted by molar-refractivity contribution is 5.73. The van der Waals surface area contributed by atoms with Crippen LogP contribution < -0.4 is 0 Å². The Balaban J connectivity index is 3.69. The van der Waals surface area contributed by atoms with E-state index in [1.807, 2.05) is 12.2 Å². The van der Waals surface area contributed by atoms with Gasteiger partial charge < -0.3 is 14.2 Å². The van der Waals surface area contributed by atoms with Crippen LogP contribution in [0.2, 0.25) is 0 Å². The Morgan fingerprint density at radius 1 is 0.586 bits per heavy atom. The molecule has 0 aliphatic heterocycles. The average molecular weight is 411 g/mol. The molecule has 0 saturated heterocycles. The standard InChI is InChI=1S/C24H42O5/c1-3-5-7-9-11-13-15-23(17-25)19-27-21-29-22-28-20-24(18-26)16-14-12-10-8-6-4-2/h15-18H,3-14,19-22H2,1-2H3. The molecule has 0 heterocycles. The number of hydrogen-bond acceptors (Lipinski definition) is 5. The first-order valence-corrected chi connectivity index (χ1v) is 11.3. The largest absolute Gasteiger partial charge is 0.351 e. The van der Waals surface area contributed by atoms with E-state index in [2.05, 4.69) is 13.8 Å². The first kappa shape index (κ1) is 27.7. The van der Waals surface area contributed by atoms with E-state index in [-0.39, 0.29) is 26.8 Å². The topological polar surface area (TPSA) is 61.8 Å². The van der Waals surface area contributed by atoms with Crippen LogP contribution >= 0.6 is 0 Å². The number of aldehydes is 2. The summed E-state index contributed by atoms with van der Waals surface area (Å²) in [4.78, 5) is 22.1. The summed E-state index contributed by atoms with van der Waals surface area (Å²) in [6, 6.07) is 0. The van der Waals surface area contributed by atoms with Crippen molar-refractivity contribution in [3.05, 3.63) is 23.3 Å². The van der Waals surface area contributed by atoms with Gasteiger partial charge in [-0.3, -0.25) is 9.59 Å². The molecule has 0 radical (unpaired) electrons. The first-order chi connectivity index (χ1) is 14.3. The number of rotatable bonds is 22. The Hall–Kier alpha value is -1.30. The Labute approximate surface area is 177 Å². The van der Waals surface area contributed by atoms with Crippen molar-refractivity contribution in [2.45, 2.75) is 90.9 Å². The van der Waals surface area contributed by atoms with Crippen molar-refractivity contribution in [1.82, 2.24) is 0 Å². The summed E-state index contributed by atoms with van der Waals surface area (Å²) in [6.45, 7) is 5.00. The number of hydrogen-bond donors (Lipinski definition) is 0. The van der Waals surface area contributed by atoms with E-state index in [1.165, 1.54) is 51.4 Å². The van der Waals surface area contributed by atoms with E-state index in [0.717, 1.165) is 38.3 Å². The van der Waals surface area contributed by atoms with Gasteiger partial charge in [0.05, 0.1) is 13.2 Å². The molecule has 5 heteroatoms. The minimum atomic E-state index is 0.0548. The third-order valence-electron chi connectivity index (χ3n) is 4.60. The van der Waals surface area contributed by atoms with E-state index in [4.69, 9.17) is 14.2 Å². The minimum absolute atomic E-state index is 0.0548. The molecule has 0 N–H and O–H groups in total. The zero-order valence-electron chi connectivity index (χ0n) is 18.7. The van der Waals surface area contributed by atoms with Gasteiger partial charge in [0.15, 0.2) is 0 Å². The lowest BCUT2D eigenvalue weighted by atomic mass is 10.1. The molecule has 0 aliphatic rings. The van der Waals surface area contributed by atoms with Crippen LogP contribution in [0.3, 0.4) is 0 Å². The number of unbranched alkanes of at least 4 members (excludes halogenated alkanes) is 10. The third-order valence-corrected chi connectivity index (χ3v) is 4.60. The van der Waals surface area contributed by atoms with Crippen LogP contribution in [0.4, 0.5) is 0 Å². The SMILES string of the molecule is CCCCCCCC=C(C=O)COCOCOCC(C=O)=CCCCCCCC. The summed E-state index contributed by atoms with van der Waals surface area (Å²) in [7, 11) is 0. The molecule has 0 spiro atoms.